The van der Waals surface area contributed by atoms with Crippen LogP contribution in [0, 0.1) is 0 Å². The summed E-state index contributed by atoms with van der Waals surface area (Å²) in [5.41, 5.74) is -1.25. The summed E-state index contributed by atoms with van der Waals surface area (Å²) in [7, 11) is -2.21. The predicted octanol–water partition coefficient (Wildman–Crippen LogP) is -0.243. The monoisotopic (exact) mass is 260 g/mol. The van der Waals surface area contributed by atoms with Gasteiger partial charge in [-0.1, -0.05) is 0 Å². The molecule has 1 rings (SSSR count). The molecule has 7 heteroatoms. The highest BCUT2D eigenvalue weighted by Crippen LogP contribution is 2.08. The van der Waals surface area contributed by atoms with Crippen molar-refractivity contribution in [2.75, 3.05) is 20.3 Å². The second-order valence-corrected chi connectivity index (χ2v) is 5.71. The van der Waals surface area contributed by atoms with Gasteiger partial charge in [0.1, 0.15) is 4.90 Å². The lowest BCUT2D eigenvalue weighted by Crippen LogP contribution is -2.43. The highest BCUT2D eigenvalue weighted by atomic mass is 32.2. The second kappa shape index (κ2) is 5.54. The molecule has 1 aromatic heterocycles. The Morgan fingerprint density at radius 2 is 2.29 bits per heavy atom. The Kier molecular flexibility index (Phi) is 4.58. The van der Waals surface area contributed by atoms with Crippen molar-refractivity contribution < 1.29 is 18.3 Å². The van der Waals surface area contributed by atoms with E-state index in [9.17, 15) is 13.5 Å². The molecule has 0 saturated carbocycles. The van der Waals surface area contributed by atoms with E-state index in [4.69, 9.17) is 4.74 Å². The normalized spacial score (nSPS) is 15.5. The number of pyridine rings is 1. The van der Waals surface area contributed by atoms with E-state index in [0.29, 0.717) is 0 Å². The van der Waals surface area contributed by atoms with Crippen LogP contribution in [-0.4, -0.2) is 44.4 Å². The summed E-state index contributed by atoms with van der Waals surface area (Å²) in [6.45, 7) is 1.41. The lowest BCUT2D eigenvalue weighted by Gasteiger charge is -2.22. The van der Waals surface area contributed by atoms with Gasteiger partial charge in [-0.2, -0.15) is 0 Å². The molecule has 1 atom stereocenters. The fourth-order valence-electron chi connectivity index (χ4n) is 1.20. The summed E-state index contributed by atoms with van der Waals surface area (Å²) in [6, 6.07) is 2.96. The number of rotatable bonds is 6. The van der Waals surface area contributed by atoms with Gasteiger partial charge in [0.05, 0.1) is 12.2 Å². The van der Waals surface area contributed by atoms with Gasteiger partial charge in [-0.15, -0.1) is 0 Å². The first-order valence-electron chi connectivity index (χ1n) is 4.98. The van der Waals surface area contributed by atoms with Crippen molar-refractivity contribution in [2.45, 2.75) is 17.4 Å². The zero-order chi connectivity index (χ0) is 12.9. The van der Waals surface area contributed by atoms with Crippen molar-refractivity contribution in [1.82, 2.24) is 9.71 Å². The molecule has 0 aliphatic carbocycles. The molecular formula is C10H16N2O4S. The third kappa shape index (κ3) is 4.39. The van der Waals surface area contributed by atoms with E-state index in [0.717, 1.165) is 0 Å². The van der Waals surface area contributed by atoms with Crippen LogP contribution < -0.4 is 4.72 Å². The molecule has 0 amide bonds. The Labute approximate surface area is 101 Å². The standard InChI is InChI=1S/C10H16N2O4S/c1-10(13,8-16-2)7-12-17(14,15)9-4-3-5-11-6-9/h3-6,12-13H,7-8H2,1-2H3. The highest BCUT2D eigenvalue weighted by molar-refractivity contribution is 7.89. The summed E-state index contributed by atoms with van der Waals surface area (Å²) in [6.07, 6.45) is 2.73. The van der Waals surface area contributed by atoms with Gasteiger partial charge in [-0.05, 0) is 19.1 Å². The van der Waals surface area contributed by atoms with E-state index in [1.807, 2.05) is 0 Å². The van der Waals surface area contributed by atoms with Gasteiger partial charge in [-0.3, -0.25) is 4.98 Å². The first kappa shape index (κ1) is 14.0. The van der Waals surface area contributed by atoms with E-state index < -0.39 is 15.6 Å². The molecule has 0 aromatic carbocycles. The van der Waals surface area contributed by atoms with Crippen molar-refractivity contribution in [1.29, 1.82) is 0 Å². The molecule has 1 unspecified atom stereocenters. The maximum Gasteiger partial charge on any atom is 0.242 e. The number of nitrogens with one attached hydrogen (secondary N) is 1. The zero-order valence-corrected chi connectivity index (χ0v) is 10.6. The van der Waals surface area contributed by atoms with Crippen LogP contribution in [0.15, 0.2) is 29.4 Å². The number of aliphatic hydroxyl groups is 1. The fraction of sp³-hybridized carbons (Fsp3) is 0.500. The summed E-state index contributed by atoms with van der Waals surface area (Å²) in [5.74, 6) is 0. The molecule has 2 N–H and O–H groups in total. The Balaban J connectivity index is 2.69. The molecule has 17 heavy (non-hydrogen) atoms. The van der Waals surface area contributed by atoms with E-state index in [1.165, 1.54) is 38.6 Å². The average molecular weight is 260 g/mol. The largest absolute Gasteiger partial charge is 0.386 e. The van der Waals surface area contributed by atoms with Crippen LogP contribution in [0.5, 0.6) is 0 Å². The average Bonchev–Trinajstić information content (AvgIpc) is 2.28. The van der Waals surface area contributed by atoms with Gasteiger partial charge in [0.15, 0.2) is 0 Å². The molecule has 96 valence electrons. The maximum atomic E-state index is 11.8. The van der Waals surface area contributed by atoms with Crippen molar-refractivity contribution in [3.63, 3.8) is 0 Å². The molecule has 0 aliphatic heterocycles. The van der Waals surface area contributed by atoms with E-state index in [2.05, 4.69) is 9.71 Å². The van der Waals surface area contributed by atoms with Gasteiger partial charge in [-0.25, -0.2) is 13.1 Å². The van der Waals surface area contributed by atoms with Gasteiger partial charge in [0.25, 0.3) is 0 Å². The van der Waals surface area contributed by atoms with Gasteiger partial charge >= 0.3 is 0 Å². The second-order valence-electron chi connectivity index (χ2n) is 3.94. The van der Waals surface area contributed by atoms with Crippen LogP contribution in [0.2, 0.25) is 0 Å². The number of aromatic nitrogens is 1. The summed E-state index contributed by atoms with van der Waals surface area (Å²) >= 11 is 0. The van der Waals surface area contributed by atoms with Crippen LogP contribution in [0.1, 0.15) is 6.92 Å². The molecule has 1 heterocycles. The minimum Gasteiger partial charge on any atom is -0.386 e. The van der Waals surface area contributed by atoms with Crippen molar-refractivity contribution in [3.05, 3.63) is 24.5 Å². The third-order valence-electron chi connectivity index (χ3n) is 2.04. The molecule has 0 aliphatic rings. The zero-order valence-electron chi connectivity index (χ0n) is 9.75. The third-order valence-corrected chi connectivity index (χ3v) is 3.43. The first-order valence-corrected chi connectivity index (χ1v) is 6.47. The fourth-order valence-corrected chi connectivity index (χ4v) is 2.33. The van der Waals surface area contributed by atoms with Gasteiger partial charge in [0, 0.05) is 26.0 Å². The molecule has 0 fully saturated rings. The number of methoxy groups -OCH3 is 1. The minimum absolute atomic E-state index is 0.0442. The van der Waals surface area contributed by atoms with Crippen molar-refractivity contribution in [2.24, 2.45) is 0 Å². The molecule has 0 bridgehead atoms. The molecule has 0 spiro atoms. The quantitative estimate of drug-likeness (QED) is 0.737. The lowest BCUT2D eigenvalue weighted by atomic mass is 10.1. The topological polar surface area (TPSA) is 88.5 Å². The minimum atomic E-state index is -3.64. The van der Waals surface area contributed by atoms with Gasteiger partial charge in [0.2, 0.25) is 10.0 Å². The Hall–Kier alpha value is -1.02. The van der Waals surface area contributed by atoms with E-state index in [1.54, 1.807) is 0 Å². The number of nitrogens with zero attached hydrogens (tertiary/aromatic N) is 1. The molecule has 1 aromatic rings. The Bertz CT molecular complexity index is 445. The lowest BCUT2D eigenvalue weighted by molar-refractivity contribution is -0.0119. The van der Waals surface area contributed by atoms with E-state index >= 15 is 0 Å². The predicted molar refractivity (Wildman–Crippen MR) is 61.9 cm³/mol. The highest BCUT2D eigenvalue weighted by Gasteiger charge is 2.24. The van der Waals surface area contributed by atoms with Crippen molar-refractivity contribution in [3.8, 4) is 0 Å². The van der Waals surface area contributed by atoms with Crippen LogP contribution in [-0.2, 0) is 14.8 Å². The molecule has 0 saturated heterocycles. The number of ether oxygens (including phenoxy) is 1. The van der Waals surface area contributed by atoms with Gasteiger partial charge < -0.3 is 9.84 Å². The molecule has 6 nitrogen and oxygen atoms in total. The molecular weight excluding hydrogens is 244 g/mol. The van der Waals surface area contributed by atoms with Crippen LogP contribution in [0.25, 0.3) is 0 Å². The molecule has 0 radical (unpaired) electrons. The van der Waals surface area contributed by atoms with Crippen LogP contribution >= 0.6 is 0 Å². The number of sulfonamides is 1. The summed E-state index contributed by atoms with van der Waals surface area (Å²) in [4.78, 5) is 3.79. The Morgan fingerprint density at radius 1 is 1.59 bits per heavy atom. The number of hydrogen-bond acceptors (Lipinski definition) is 5. The van der Waals surface area contributed by atoms with Crippen molar-refractivity contribution >= 4 is 10.0 Å². The first-order chi connectivity index (χ1) is 7.87. The van der Waals surface area contributed by atoms with Crippen LogP contribution in [0.3, 0.4) is 0 Å². The Morgan fingerprint density at radius 3 is 2.82 bits per heavy atom. The number of hydrogen-bond donors (Lipinski definition) is 2. The van der Waals surface area contributed by atoms with E-state index in [-0.39, 0.29) is 18.0 Å². The SMILES string of the molecule is COCC(C)(O)CNS(=O)(=O)c1cccnc1. The summed E-state index contributed by atoms with van der Waals surface area (Å²) < 4.78 is 30.6. The maximum absolute atomic E-state index is 11.8. The van der Waals surface area contributed by atoms with Crippen LogP contribution in [0.4, 0.5) is 0 Å². The smallest absolute Gasteiger partial charge is 0.242 e. The summed E-state index contributed by atoms with van der Waals surface area (Å²) in [5, 5.41) is 9.76.